The fraction of sp³-hybridized carbons (Fsp3) is 0.345. The Bertz CT molecular complexity index is 1380. The molecule has 0 unspecified atom stereocenters. The average Bonchev–Trinajstić information content (AvgIpc) is 3.73. The van der Waals surface area contributed by atoms with Crippen molar-refractivity contribution in [2.45, 2.75) is 57.8 Å². The standard InChI is InChI=1S/C29H32N6O4/c1-20-9-13-22(14-10-20)28-31-33-35(32-28)19-26(36)34(18-21-11-15-24(38-2)16-12-21)27(25-8-5-17-39-25)29(37)30-23-6-3-4-7-23/h5,8-17,23,27H,3-4,6-7,18-19H2,1-2H3,(H,30,37)/t27-/m1/s1. The van der Waals surface area contributed by atoms with Crippen LogP contribution in [0.3, 0.4) is 0 Å². The minimum atomic E-state index is -0.963. The van der Waals surface area contributed by atoms with E-state index in [9.17, 15) is 9.59 Å². The van der Waals surface area contributed by atoms with E-state index in [0.717, 1.165) is 42.4 Å². The molecule has 4 aromatic rings. The summed E-state index contributed by atoms with van der Waals surface area (Å²) in [7, 11) is 1.60. The molecule has 0 aliphatic heterocycles. The van der Waals surface area contributed by atoms with Gasteiger partial charge < -0.3 is 19.4 Å². The molecule has 1 aliphatic carbocycles. The van der Waals surface area contributed by atoms with Crippen molar-refractivity contribution in [3.8, 4) is 17.1 Å². The summed E-state index contributed by atoms with van der Waals surface area (Å²) in [5, 5.41) is 15.8. The van der Waals surface area contributed by atoms with Crippen LogP contribution in [0.2, 0.25) is 0 Å². The van der Waals surface area contributed by atoms with Crippen LogP contribution in [0.25, 0.3) is 11.4 Å². The highest BCUT2D eigenvalue weighted by Crippen LogP contribution is 2.27. The number of nitrogens with one attached hydrogen (secondary N) is 1. The lowest BCUT2D eigenvalue weighted by Crippen LogP contribution is -2.46. The zero-order valence-corrected chi connectivity index (χ0v) is 22.1. The topological polar surface area (TPSA) is 115 Å². The number of nitrogens with zero attached hydrogens (tertiary/aromatic N) is 5. The Labute approximate surface area is 227 Å². The van der Waals surface area contributed by atoms with E-state index in [1.54, 1.807) is 19.2 Å². The van der Waals surface area contributed by atoms with Crippen molar-refractivity contribution in [2.75, 3.05) is 7.11 Å². The lowest BCUT2D eigenvalue weighted by Gasteiger charge is -2.30. The monoisotopic (exact) mass is 528 g/mol. The molecular formula is C29H32N6O4. The van der Waals surface area contributed by atoms with Gasteiger partial charge >= 0.3 is 0 Å². The van der Waals surface area contributed by atoms with Crippen LogP contribution in [0.15, 0.2) is 71.3 Å². The van der Waals surface area contributed by atoms with Crippen molar-refractivity contribution in [2.24, 2.45) is 0 Å². The Kier molecular flexibility index (Phi) is 8.00. The summed E-state index contributed by atoms with van der Waals surface area (Å²) in [6, 6.07) is 17.7. The van der Waals surface area contributed by atoms with E-state index in [-0.39, 0.29) is 30.9 Å². The number of aryl methyl sites for hydroxylation is 1. The molecule has 1 atom stereocenters. The molecule has 39 heavy (non-hydrogen) atoms. The fourth-order valence-electron chi connectivity index (χ4n) is 4.81. The third-order valence-corrected chi connectivity index (χ3v) is 6.95. The van der Waals surface area contributed by atoms with Crippen molar-refractivity contribution in [1.82, 2.24) is 30.4 Å². The summed E-state index contributed by atoms with van der Waals surface area (Å²) < 4.78 is 11.0. The predicted octanol–water partition coefficient (Wildman–Crippen LogP) is 4.08. The lowest BCUT2D eigenvalue weighted by molar-refractivity contribution is -0.143. The van der Waals surface area contributed by atoms with Gasteiger partial charge in [0.25, 0.3) is 5.91 Å². The van der Waals surface area contributed by atoms with E-state index in [0.29, 0.717) is 17.3 Å². The lowest BCUT2D eigenvalue weighted by atomic mass is 10.1. The molecule has 0 saturated heterocycles. The first kappa shape index (κ1) is 26.1. The number of hydrogen-bond acceptors (Lipinski definition) is 7. The van der Waals surface area contributed by atoms with E-state index in [1.807, 2.05) is 55.5 Å². The molecule has 0 bridgehead atoms. The summed E-state index contributed by atoms with van der Waals surface area (Å²) in [6.07, 6.45) is 5.51. The third kappa shape index (κ3) is 6.34. The average molecular weight is 529 g/mol. The molecule has 10 nitrogen and oxygen atoms in total. The molecule has 1 N–H and O–H groups in total. The molecule has 1 saturated carbocycles. The van der Waals surface area contributed by atoms with Gasteiger partial charge in [-0.3, -0.25) is 9.59 Å². The van der Waals surface area contributed by atoms with E-state index < -0.39 is 6.04 Å². The summed E-state index contributed by atoms with van der Waals surface area (Å²) in [5.41, 5.74) is 2.76. The molecule has 10 heteroatoms. The van der Waals surface area contributed by atoms with Gasteiger partial charge in [0, 0.05) is 18.2 Å². The highest BCUT2D eigenvalue weighted by atomic mass is 16.5. The number of benzene rings is 2. The minimum absolute atomic E-state index is 0.0851. The summed E-state index contributed by atoms with van der Waals surface area (Å²) >= 11 is 0. The number of aromatic nitrogens is 4. The van der Waals surface area contributed by atoms with Crippen molar-refractivity contribution in [3.63, 3.8) is 0 Å². The van der Waals surface area contributed by atoms with Crippen LogP contribution >= 0.6 is 0 Å². The minimum Gasteiger partial charge on any atom is -0.497 e. The second-order valence-electron chi connectivity index (χ2n) is 9.79. The Morgan fingerprint density at radius 3 is 2.51 bits per heavy atom. The number of tetrazole rings is 1. The zero-order chi connectivity index (χ0) is 27.2. The number of methoxy groups -OCH3 is 1. The number of carbonyl (C=O) groups excluding carboxylic acids is 2. The highest BCUT2D eigenvalue weighted by Gasteiger charge is 2.35. The number of ether oxygens (including phenoxy) is 1. The predicted molar refractivity (Wildman–Crippen MR) is 143 cm³/mol. The molecule has 0 radical (unpaired) electrons. The zero-order valence-electron chi connectivity index (χ0n) is 22.1. The second kappa shape index (κ2) is 11.9. The maximum absolute atomic E-state index is 13.9. The van der Waals surface area contributed by atoms with Crippen LogP contribution in [0.5, 0.6) is 5.75 Å². The number of amides is 2. The van der Waals surface area contributed by atoms with Gasteiger partial charge in [-0.15, -0.1) is 10.2 Å². The molecule has 1 aliphatic rings. The smallest absolute Gasteiger partial charge is 0.250 e. The normalized spacial score (nSPS) is 14.2. The largest absolute Gasteiger partial charge is 0.497 e. The summed E-state index contributed by atoms with van der Waals surface area (Å²) in [6.45, 7) is 1.98. The Hall–Kier alpha value is -4.47. The second-order valence-corrected chi connectivity index (χ2v) is 9.79. The van der Waals surface area contributed by atoms with Gasteiger partial charge in [-0.1, -0.05) is 54.8 Å². The van der Waals surface area contributed by atoms with Gasteiger partial charge in [0.2, 0.25) is 11.7 Å². The molecule has 2 aromatic heterocycles. The molecule has 202 valence electrons. The van der Waals surface area contributed by atoms with Gasteiger partial charge in [-0.05, 0) is 54.8 Å². The van der Waals surface area contributed by atoms with Crippen LogP contribution < -0.4 is 10.1 Å². The molecular weight excluding hydrogens is 496 g/mol. The van der Waals surface area contributed by atoms with Crippen molar-refractivity contribution in [1.29, 1.82) is 0 Å². The molecule has 1 fully saturated rings. The van der Waals surface area contributed by atoms with Gasteiger partial charge in [-0.2, -0.15) is 4.80 Å². The summed E-state index contributed by atoms with van der Waals surface area (Å²) in [4.78, 5) is 30.3. The number of hydrogen-bond donors (Lipinski definition) is 1. The first-order chi connectivity index (χ1) is 19.0. The van der Waals surface area contributed by atoms with E-state index in [2.05, 4.69) is 20.7 Å². The van der Waals surface area contributed by atoms with Gasteiger partial charge in [0.05, 0.1) is 13.4 Å². The van der Waals surface area contributed by atoms with E-state index in [4.69, 9.17) is 9.15 Å². The van der Waals surface area contributed by atoms with Crippen molar-refractivity contribution >= 4 is 11.8 Å². The van der Waals surface area contributed by atoms with Gasteiger partial charge in [-0.25, -0.2) is 0 Å². The first-order valence-corrected chi connectivity index (χ1v) is 13.1. The molecule has 2 amide bonds. The Morgan fingerprint density at radius 2 is 1.85 bits per heavy atom. The van der Waals surface area contributed by atoms with Crippen LogP contribution in [-0.4, -0.2) is 50.1 Å². The molecule has 5 rings (SSSR count). The molecule has 0 spiro atoms. The Balaban J connectivity index is 1.43. The maximum Gasteiger partial charge on any atom is 0.250 e. The van der Waals surface area contributed by atoms with E-state index >= 15 is 0 Å². The quantitative estimate of drug-likeness (QED) is 0.330. The van der Waals surface area contributed by atoms with Gasteiger partial charge in [0.1, 0.15) is 18.1 Å². The number of rotatable bonds is 10. The van der Waals surface area contributed by atoms with E-state index in [1.165, 1.54) is 16.0 Å². The van der Waals surface area contributed by atoms with Crippen molar-refractivity contribution in [3.05, 3.63) is 83.8 Å². The van der Waals surface area contributed by atoms with Crippen LogP contribution in [0, 0.1) is 6.92 Å². The highest BCUT2D eigenvalue weighted by molar-refractivity contribution is 5.88. The molecule has 2 heterocycles. The fourth-order valence-corrected chi connectivity index (χ4v) is 4.81. The molecule has 2 aromatic carbocycles. The van der Waals surface area contributed by atoms with Crippen LogP contribution in [-0.2, 0) is 22.7 Å². The van der Waals surface area contributed by atoms with Gasteiger partial charge in [0.15, 0.2) is 6.04 Å². The Morgan fingerprint density at radius 1 is 1.10 bits per heavy atom. The number of furan rings is 1. The van der Waals surface area contributed by atoms with Crippen LogP contribution in [0.1, 0.15) is 48.6 Å². The van der Waals surface area contributed by atoms with Crippen LogP contribution in [0.4, 0.5) is 0 Å². The number of carbonyl (C=O) groups is 2. The first-order valence-electron chi connectivity index (χ1n) is 13.1. The maximum atomic E-state index is 13.9. The summed E-state index contributed by atoms with van der Waals surface area (Å²) in [5.74, 6) is 0.895. The SMILES string of the molecule is COc1ccc(CN(C(=O)Cn2nnc(-c3ccc(C)cc3)n2)[C@@H](C(=O)NC2CCCC2)c2ccco2)cc1. The third-order valence-electron chi connectivity index (χ3n) is 6.95. The van der Waals surface area contributed by atoms with Crippen molar-refractivity contribution < 1.29 is 18.7 Å².